The fourth-order valence-corrected chi connectivity index (χ4v) is 5.17. The summed E-state index contributed by atoms with van der Waals surface area (Å²) in [6, 6.07) is 7.93. The molecule has 29 heavy (non-hydrogen) atoms. The number of para-hydroxylation sites is 1. The van der Waals surface area contributed by atoms with Crippen LogP contribution in [0.5, 0.6) is 5.75 Å². The standard InChI is InChI=1S/C18H23N7OS3/c1-27-17-20-16(19)25(23-17)18-22-21-15(29-18)13-5-2-3-6-14(13)26-10-4-7-24-8-11-28-12-9-24/h2-3,5-6H,4,7-12H2,1H3,(H2,19,20,23). The van der Waals surface area contributed by atoms with E-state index in [0.717, 1.165) is 29.3 Å². The fourth-order valence-electron chi connectivity index (χ4n) is 3.01. The van der Waals surface area contributed by atoms with Gasteiger partial charge in [-0.3, -0.25) is 0 Å². The van der Waals surface area contributed by atoms with Gasteiger partial charge >= 0.3 is 0 Å². The van der Waals surface area contributed by atoms with E-state index >= 15 is 0 Å². The third-order valence-corrected chi connectivity index (χ3v) is 6.90. The number of rotatable bonds is 8. The molecule has 0 atom stereocenters. The van der Waals surface area contributed by atoms with Crippen molar-refractivity contribution in [1.29, 1.82) is 0 Å². The number of nitrogens with two attached hydrogens (primary N) is 1. The Morgan fingerprint density at radius 3 is 2.83 bits per heavy atom. The van der Waals surface area contributed by atoms with Gasteiger partial charge < -0.3 is 15.4 Å². The molecule has 0 bridgehead atoms. The Morgan fingerprint density at radius 2 is 2.03 bits per heavy atom. The molecule has 154 valence electrons. The minimum absolute atomic E-state index is 0.303. The molecule has 0 spiro atoms. The molecule has 0 saturated carbocycles. The minimum Gasteiger partial charge on any atom is -0.493 e. The number of thioether (sulfide) groups is 2. The zero-order chi connectivity index (χ0) is 20.1. The van der Waals surface area contributed by atoms with E-state index in [2.05, 4.69) is 25.2 Å². The van der Waals surface area contributed by atoms with Crippen LogP contribution < -0.4 is 10.5 Å². The van der Waals surface area contributed by atoms with Crippen LogP contribution in [0, 0.1) is 0 Å². The SMILES string of the molecule is CSc1nc(N)n(-c2nnc(-c3ccccc3OCCCN3CCSCC3)s2)n1. The summed E-state index contributed by atoms with van der Waals surface area (Å²) >= 11 is 4.88. The van der Waals surface area contributed by atoms with Gasteiger partial charge in [-0.25, -0.2) is 0 Å². The monoisotopic (exact) mass is 449 g/mol. The summed E-state index contributed by atoms with van der Waals surface area (Å²) in [5, 5.41) is 14.9. The molecule has 8 nitrogen and oxygen atoms in total. The molecule has 3 heterocycles. The van der Waals surface area contributed by atoms with Crippen LogP contribution in [-0.2, 0) is 0 Å². The molecule has 0 unspecified atom stereocenters. The maximum absolute atomic E-state index is 6.09. The molecule has 1 aliphatic heterocycles. The van der Waals surface area contributed by atoms with Gasteiger partial charge in [0.15, 0.2) is 5.01 Å². The van der Waals surface area contributed by atoms with Gasteiger partial charge in [0.05, 0.1) is 12.2 Å². The van der Waals surface area contributed by atoms with Gasteiger partial charge in [0.2, 0.25) is 16.2 Å². The highest BCUT2D eigenvalue weighted by Crippen LogP contribution is 2.33. The third-order valence-electron chi connectivity index (χ3n) is 4.49. The summed E-state index contributed by atoms with van der Waals surface area (Å²) < 4.78 is 7.61. The van der Waals surface area contributed by atoms with E-state index < -0.39 is 0 Å². The van der Waals surface area contributed by atoms with Gasteiger partial charge in [0.25, 0.3) is 0 Å². The van der Waals surface area contributed by atoms with E-state index in [4.69, 9.17) is 10.5 Å². The quantitative estimate of drug-likeness (QED) is 0.411. The Balaban J connectivity index is 1.42. The zero-order valence-electron chi connectivity index (χ0n) is 16.2. The molecular formula is C18H23N7OS3. The molecule has 2 aromatic heterocycles. The summed E-state index contributed by atoms with van der Waals surface area (Å²) in [5.41, 5.74) is 6.88. The van der Waals surface area contributed by atoms with Gasteiger partial charge in [-0.2, -0.15) is 21.4 Å². The number of ether oxygens (including phenoxy) is 1. The predicted molar refractivity (Wildman–Crippen MR) is 120 cm³/mol. The summed E-state index contributed by atoms with van der Waals surface area (Å²) in [6.45, 7) is 4.12. The van der Waals surface area contributed by atoms with Crippen LogP contribution in [-0.4, -0.2) is 73.9 Å². The lowest BCUT2D eigenvalue weighted by atomic mass is 10.2. The minimum atomic E-state index is 0.303. The first-order chi connectivity index (χ1) is 14.2. The molecule has 1 aliphatic rings. The molecule has 1 saturated heterocycles. The van der Waals surface area contributed by atoms with Crippen LogP contribution in [0.15, 0.2) is 29.4 Å². The number of nitrogen functional groups attached to an aromatic ring is 1. The average Bonchev–Trinajstić information content (AvgIpc) is 3.39. The van der Waals surface area contributed by atoms with Crippen molar-refractivity contribution in [2.24, 2.45) is 0 Å². The first kappa shape index (κ1) is 20.5. The van der Waals surface area contributed by atoms with Gasteiger partial charge in [-0.05, 0) is 24.8 Å². The lowest BCUT2D eigenvalue weighted by Gasteiger charge is -2.25. The lowest BCUT2D eigenvalue weighted by molar-refractivity contribution is 0.249. The van der Waals surface area contributed by atoms with Gasteiger partial charge in [0, 0.05) is 31.1 Å². The smallest absolute Gasteiger partial charge is 0.236 e. The highest BCUT2D eigenvalue weighted by atomic mass is 32.2. The van der Waals surface area contributed by atoms with Crippen molar-refractivity contribution in [2.45, 2.75) is 11.6 Å². The van der Waals surface area contributed by atoms with Gasteiger partial charge in [-0.15, -0.1) is 15.3 Å². The van der Waals surface area contributed by atoms with Crippen molar-refractivity contribution in [3.05, 3.63) is 24.3 Å². The van der Waals surface area contributed by atoms with Crippen molar-refractivity contribution in [2.75, 3.05) is 49.7 Å². The van der Waals surface area contributed by atoms with Crippen molar-refractivity contribution >= 4 is 40.8 Å². The average molecular weight is 450 g/mol. The van der Waals surface area contributed by atoms with E-state index in [9.17, 15) is 0 Å². The number of anilines is 1. The molecule has 0 amide bonds. The molecule has 1 aromatic carbocycles. The second kappa shape index (κ2) is 9.79. The molecule has 1 fully saturated rings. The second-order valence-corrected chi connectivity index (χ2v) is 9.36. The number of hydrogen-bond acceptors (Lipinski definition) is 10. The molecule has 11 heteroatoms. The normalized spacial score (nSPS) is 14.9. The van der Waals surface area contributed by atoms with E-state index in [-0.39, 0.29) is 0 Å². The number of benzene rings is 1. The zero-order valence-corrected chi connectivity index (χ0v) is 18.6. The van der Waals surface area contributed by atoms with Crippen molar-refractivity contribution in [3.63, 3.8) is 0 Å². The maximum Gasteiger partial charge on any atom is 0.236 e. The Morgan fingerprint density at radius 1 is 1.21 bits per heavy atom. The predicted octanol–water partition coefficient (Wildman–Crippen LogP) is 2.91. The van der Waals surface area contributed by atoms with Crippen LogP contribution in [0.1, 0.15) is 6.42 Å². The van der Waals surface area contributed by atoms with Crippen LogP contribution in [0.3, 0.4) is 0 Å². The molecule has 0 aliphatic carbocycles. The highest BCUT2D eigenvalue weighted by molar-refractivity contribution is 7.99. The third kappa shape index (κ3) is 5.03. The van der Waals surface area contributed by atoms with Crippen molar-refractivity contribution < 1.29 is 4.74 Å². The first-order valence-electron chi connectivity index (χ1n) is 9.37. The number of nitrogens with zero attached hydrogens (tertiary/aromatic N) is 6. The van der Waals surface area contributed by atoms with Gasteiger partial charge in [-0.1, -0.05) is 35.2 Å². The molecule has 0 radical (unpaired) electrons. The summed E-state index contributed by atoms with van der Waals surface area (Å²) in [7, 11) is 0. The van der Waals surface area contributed by atoms with E-state index in [1.807, 2.05) is 42.3 Å². The van der Waals surface area contributed by atoms with Crippen LogP contribution >= 0.6 is 34.9 Å². The largest absolute Gasteiger partial charge is 0.493 e. The fraction of sp³-hybridized carbons (Fsp3) is 0.444. The summed E-state index contributed by atoms with van der Waals surface area (Å²) in [4.78, 5) is 6.70. The summed E-state index contributed by atoms with van der Waals surface area (Å²) in [5.74, 6) is 3.59. The van der Waals surface area contributed by atoms with Crippen molar-refractivity contribution in [1.82, 2.24) is 29.9 Å². The molecule has 2 N–H and O–H groups in total. The van der Waals surface area contributed by atoms with Gasteiger partial charge in [0.1, 0.15) is 5.75 Å². The molecular weight excluding hydrogens is 426 g/mol. The Kier molecular flexibility index (Phi) is 6.90. The Hall–Kier alpha value is -1.82. The maximum atomic E-state index is 6.09. The number of hydrogen-bond donors (Lipinski definition) is 1. The van der Waals surface area contributed by atoms with E-state index in [1.54, 1.807) is 0 Å². The highest BCUT2D eigenvalue weighted by Gasteiger charge is 2.16. The van der Waals surface area contributed by atoms with E-state index in [0.29, 0.717) is 22.8 Å². The first-order valence-corrected chi connectivity index (χ1v) is 12.6. The lowest BCUT2D eigenvalue weighted by Crippen LogP contribution is -2.33. The summed E-state index contributed by atoms with van der Waals surface area (Å²) in [6.07, 6.45) is 2.91. The van der Waals surface area contributed by atoms with Crippen LogP contribution in [0.4, 0.5) is 5.95 Å². The topological polar surface area (TPSA) is 95.0 Å². The van der Waals surface area contributed by atoms with Crippen molar-refractivity contribution in [3.8, 4) is 21.5 Å². The van der Waals surface area contributed by atoms with Crippen LogP contribution in [0.25, 0.3) is 15.7 Å². The second-order valence-electron chi connectivity index (χ2n) is 6.41. The van der Waals surface area contributed by atoms with E-state index in [1.165, 1.54) is 52.4 Å². The Bertz CT molecular complexity index is 939. The van der Waals surface area contributed by atoms with Crippen LogP contribution in [0.2, 0.25) is 0 Å². The number of aromatic nitrogens is 5. The molecule has 4 rings (SSSR count). The Labute approximate surface area is 182 Å². The molecule has 3 aromatic rings.